The molecule has 1 fully saturated rings. The third-order valence-electron chi connectivity index (χ3n) is 3.77. The molecule has 0 saturated carbocycles. The van der Waals surface area contributed by atoms with Crippen LogP contribution in [0.15, 0.2) is 0 Å². The van der Waals surface area contributed by atoms with E-state index >= 15 is 0 Å². The van der Waals surface area contributed by atoms with Gasteiger partial charge in [0.1, 0.15) is 0 Å². The molecule has 1 atom stereocenters. The Morgan fingerprint density at radius 2 is 2.06 bits per heavy atom. The van der Waals surface area contributed by atoms with Crippen LogP contribution >= 0.6 is 0 Å². The van der Waals surface area contributed by atoms with Gasteiger partial charge in [0.2, 0.25) is 0 Å². The zero-order chi connectivity index (χ0) is 11.8. The predicted molar refractivity (Wildman–Crippen MR) is 71.8 cm³/mol. The molecule has 1 N–H and O–H groups in total. The van der Waals surface area contributed by atoms with Gasteiger partial charge in [0.25, 0.3) is 0 Å². The third-order valence-corrected chi connectivity index (χ3v) is 3.77. The smallest absolute Gasteiger partial charge is 0.00385 e. The first-order valence-electron chi connectivity index (χ1n) is 7.18. The average Bonchev–Trinajstić information content (AvgIpc) is 2.75. The molecule has 0 aromatic carbocycles. The van der Waals surface area contributed by atoms with Gasteiger partial charge in [0, 0.05) is 6.04 Å². The van der Waals surface area contributed by atoms with Crippen molar-refractivity contribution >= 4 is 0 Å². The van der Waals surface area contributed by atoms with Crippen molar-refractivity contribution in [2.75, 3.05) is 26.2 Å². The number of unbranched alkanes of at least 4 members (excludes halogenated alkanes) is 2. The number of rotatable bonds is 8. The van der Waals surface area contributed by atoms with Crippen LogP contribution in [-0.4, -0.2) is 37.1 Å². The van der Waals surface area contributed by atoms with E-state index in [0.717, 1.165) is 5.92 Å². The molecule has 0 spiro atoms. The molecular weight excluding hydrogens is 196 g/mol. The van der Waals surface area contributed by atoms with Crippen molar-refractivity contribution in [3.05, 3.63) is 0 Å². The first-order chi connectivity index (χ1) is 7.74. The van der Waals surface area contributed by atoms with Crippen LogP contribution in [0.25, 0.3) is 0 Å². The van der Waals surface area contributed by atoms with E-state index < -0.39 is 0 Å². The standard InChI is InChI=1S/C14H30N2/c1-4-5-6-10-16(13(2)3)11-8-14-7-9-15-12-14/h13-15H,4-12H2,1-3H3. The summed E-state index contributed by atoms with van der Waals surface area (Å²) < 4.78 is 0. The summed E-state index contributed by atoms with van der Waals surface area (Å²) in [6.07, 6.45) is 6.86. The van der Waals surface area contributed by atoms with E-state index in [4.69, 9.17) is 0 Å². The lowest BCUT2D eigenvalue weighted by molar-refractivity contribution is 0.203. The third kappa shape index (κ3) is 5.31. The minimum Gasteiger partial charge on any atom is -0.316 e. The van der Waals surface area contributed by atoms with Gasteiger partial charge in [0.05, 0.1) is 0 Å². The normalized spacial score (nSPS) is 21.2. The molecule has 1 rings (SSSR count). The highest BCUT2D eigenvalue weighted by molar-refractivity contribution is 4.73. The average molecular weight is 226 g/mol. The van der Waals surface area contributed by atoms with Crippen molar-refractivity contribution in [2.24, 2.45) is 5.92 Å². The van der Waals surface area contributed by atoms with E-state index in [0.29, 0.717) is 6.04 Å². The highest BCUT2D eigenvalue weighted by Crippen LogP contribution is 2.14. The van der Waals surface area contributed by atoms with Crippen LogP contribution in [0, 0.1) is 5.92 Å². The van der Waals surface area contributed by atoms with Gasteiger partial charge < -0.3 is 10.2 Å². The second-order valence-corrected chi connectivity index (χ2v) is 5.48. The van der Waals surface area contributed by atoms with Crippen LogP contribution in [0.1, 0.15) is 52.9 Å². The maximum absolute atomic E-state index is 3.46. The van der Waals surface area contributed by atoms with Crippen LogP contribution in [0.3, 0.4) is 0 Å². The molecule has 2 heteroatoms. The van der Waals surface area contributed by atoms with Gasteiger partial charge in [-0.05, 0) is 65.2 Å². The Morgan fingerprint density at radius 3 is 2.62 bits per heavy atom. The summed E-state index contributed by atoms with van der Waals surface area (Å²) >= 11 is 0. The molecular formula is C14H30N2. The number of hydrogen-bond donors (Lipinski definition) is 1. The van der Waals surface area contributed by atoms with Gasteiger partial charge in [-0.1, -0.05) is 19.8 Å². The first-order valence-corrected chi connectivity index (χ1v) is 7.18. The molecule has 1 saturated heterocycles. The van der Waals surface area contributed by atoms with Gasteiger partial charge in [-0.15, -0.1) is 0 Å². The zero-order valence-corrected chi connectivity index (χ0v) is 11.5. The Bertz CT molecular complexity index is 162. The molecule has 2 nitrogen and oxygen atoms in total. The van der Waals surface area contributed by atoms with E-state index in [9.17, 15) is 0 Å². The molecule has 0 bridgehead atoms. The van der Waals surface area contributed by atoms with Gasteiger partial charge in [-0.2, -0.15) is 0 Å². The fraction of sp³-hybridized carbons (Fsp3) is 1.00. The minimum atomic E-state index is 0.714. The Labute approximate surface area is 102 Å². The molecule has 0 aromatic rings. The highest BCUT2D eigenvalue weighted by atomic mass is 15.1. The summed E-state index contributed by atoms with van der Waals surface area (Å²) in [5, 5.41) is 3.46. The Balaban J connectivity index is 2.16. The lowest BCUT2D eigenvalue weighted by Crippen LogP contribution is -2.34. The van der Waals surface area contributed by atoms with E-state index in [-0.39, 0.29) is 0 Å². The summed E-state index contributed by atoms with van der Waals surface area (Å²) in [7, 11) is 0. The Kier molecular flexibility index (Phi) is 7.06. The maximum Gasteiger partial charge on any atom is 0.00385 e. The van der Waals surface area contributed by atoms with Crippen molar-refractivity contribution in [2.45, 2.75) is 58.9 Å². The number of nitrogens with zero attached hydrogens (tertiary/aromatic N) is 1. The molecule has 0 radical (unpaired) electrons. The summed E-state index contributed by atoms with van der Waals surface area (Å²) in [6.45, 7) is 12.0. The molecule has 1 unspecified atom stereocenters. The fourth-order valence-corrected chi connectivity index (χ4v) is 2.50. The molecule has 0 aromatic heterocycles. The molecule has 96 valence electrons. The molecule has 1 heterocycles. The summed E-state index contributed by atoms with van der Waals surface area (Å²) in [5.74, 6) is 0.937. The maximum atomic E-state index is 3.46. The second-order valence-electron chi connectivity index (χ2n) is 5.48. The van der Waals surface area contributed by atoms with Gasteiger partial charge in [-0.3, -0.25) is 0 Å². The van der Waals surface area contributed by atoms with E-state index in [1.165, 1.54) is 58.3 Å². The van der Waals surface area contributed by atoms with Gasteiger partial charge >= 0.3 is 0 Å². The van der Waals surface area contributed by atoms with Gasteiger partial charge in [0.15, 0.2) is 0 Å². The summed E-state index contributed by atoms with van der Waals surface area (Å²) in [6, 6.07) is 0.714. The van der Waals surface area contributed by atoms with E-state index in [2.05, 4.69) is 31.0 Å². The van der Waals surface area contributed by atoms with E-state index in [1.807, 2.05) is 0 Å². The van der Waals surface area contributed by atoms with Gasteiger partial charge in [-0.25, -0.2) is 0 Å². The topological polar surface area (TPSA) is 15.3 Å². The van der Waals surface area contributed by atoms with Crippen molar-refractivity contribution in [1.82, 2.24) is 10.2 Å². The lowest BCUT2D eigenvalue weighted by Gasteiger charge is -2.27. The predicted octanol–water partition coefficient (Wildman–Crippen LogP) is 2.89. The van der Waals surface area contributed by atoms with Crippen LogP contribution < -0.4 is 5.32 Å². The molecule has 1 aliphatic rings. The molecule has 16 heavy (non-hydrogen) atoms. The van der Waals surface area contributed by atoms with Crippen molar-refractivity contribution in [3.8, 4) is 0 Å². The summed E-state index contributed by atoms with van der Waals surface area (Å²) in [5.41, 5.74) is 0. The highest BCUT2D eigenvalue weighted by Gasteiger charge is 2.16. The zero-order valence-electron chi connectivity index (χ0n) is 11.5. The van der Waals surface area contributed by atoms with Crippen molar-refractivity contribution < 1.29 is 0 Å². The van der Waals surface area contributed by atoms with Crippen molar-refractivity contribution in [3.63, 3.8) is 0 Å². The SMILES string of the molecule is CCCCCN(CCC1CCNC1)C(C)C. The molecule has 1 aliphatic heterocycles. The minimum absolute atomic E-state index is 0.714. The van der Waals surface area contributed by atoms with E-state index in [1.54, 1.807) is 0 Å². The largest absolute Gasteiger partial charge is 0.316 e. The monoisotopic (exact) mass is 226 g/mol. The summed E-state index contributed by atoms with van der Waals surface area (Å²) in [4.78, 5) is 2.66. The quantitative estimate of drug-likeness (QED) is 0.640. The number of nitrogens with one attached hydrogen (secondary N) is 1. The van der Waals surface area contributed by atoms with Crippen molar-refractivity contribution in [1.29, 1.82) is 0 Å². The first kappa shape index (κ1) is 14.0. The Morgan fingerprint density at radius 1 is 1.25 bits per heavy atom. The fourth-order valence-electron chi connectivity index (χ4n) is 2.50. The van der Waals surface area contributed by atoms with Crippen LogP contribution in [-0.2, 0) is 0 Å². The van der Waals surface area contributed by atoms with Crippen LogP contribution in [0.5, 0.6) is 0 Å². The second kappa shape index (κ2) is 8.08. The Hall–Kier alpha value is -0.0800. The van der Waals surface area contributed by atoms with Crippen LogP contribution in [0.2, 0.25) is 0 Å². The molecule has 0 aliphatic carbocycles. The number of hydrogen-bond acceptors (Lipinski definition) is 2. The lowest BCUT2D eigenvalue weighted by atomic mass is 10.0. The van der Waals surface area contributed by atoms with Crippen LogP contribution in [0.4, 0.5) is 0 Å². The molecule has 0 amide bonds.